The second-order valence-electron chi connectivity index (χ2n) is 5.33. The molecule has 2 aromatic carbocycles. The highest BCUT2D eigenvalue weighted by Crippen LogP contribution is 2.29. The highest BCUT2D eigenvalue weighted by Gasteiger charge is 2.30. The lowest BCUT2D eigenvalue weighted by atomic mass is 10.1. The number of benzene rings is 2. The number of halogens is 4. The van der Waals surface area contributed by atoms with Gasteiger partial charge in [-0.25, -0.2) is 12.8 Å². The standard InChI is InChI=1S/C16H13F4NO3S/c1-25(23,24)12-6-7-13(17)14(9-12)21-15(22)8-10-2-4-11(5-3-10)16(18,19)20/h2-7,9H,8H2,1H3,(H,21,22). The lowest BCUT2D eigenvalue weighted by Gasteiger charge is -2.09. The van der Waals surface area contributed by atoms with E-state index in [0.29, 0.717) is 5.56 Å². The Morgan fingerprint density at radius 3 is 2.20 bits per heavy atom. The molecular formula is C16H13F4NO3S. The van der Waals surface area contributed by atoms with Gasteiger partial charge in [-0.1, -0.05) is 12.1 Å². The molecule has 0 aliphatic heterocycles. The van der Waals surface area contributed by atoms with E-state index in [1.165, 1.54) is 0 Å². The van der Waals surface area contributed by atoms with Crippen molar-refractivity contribution >= 4 is 21.4 Å². The fourth-order valence-corrected chi connectivity index (χ4v) is 2.67. The van der Waals surface area contributed by atoms with Crippen molar-refractivity contribution in [2.75, 3.05) is 11.6 Å². The maximum absolute atomic E-state index is 13.7. The number of carbonyl (C=O) groups is 1. The number of carbonyl (C=O) groups excluding carboxylic acids is 1. The first-order valence-electron chi connectivity index (χ1n) is 6.92. The Balaban J connectivity index is 2.13. The summed E-state index contributed by atoms with van der Waals surface area (Å²) < 4.78 is 74.1. The Morgan fingerprint density at radius 2 is 1.68 bits per heavy atom. The van der Waals surface area contributed by atoms with Gasteiger partial charge in [0.2, 0.25) is 5.91 Å². The minimum absolute atomic E-state index is 0.168. The smallest absolute Gasteiger partial charge is 0.323 e. The van der Waals surface area contributed by atoms with Crippen molar-refractivity contribution in [2.45, 2.75) is 17.5 Å². The van der Waals surface area contributed by atoms with Gasteiger partial charge in [-0.2, -0.15) is 13.2 Å². The van der Waals surface area contributed by atoms with Gasteiger partial charge in [-0.3, -0.25) is 4.79 Å². The van der Waals surface area contributed by atoms with E-state index in [0.717, 1.165) is 48.7 Å². The first-order valence-corrected chi connectivity index (χ1v) is 8.81. The molecule has 2 rings (SSSR count). The Kier molecular flexibility index (Phi) is 5.17. The molecule has 134 valence electrons. The Hall–Kier alpha value is -2.42. The van der Waals surface area contributed by atoms with Crippen LogP contribution in [-0.4, -0.2) is 20.6 Å². The van der Waals surface area contributed by atoms with Gasteiger partial charge in [0.1, 0.15) is 5.82 Å². The first-order chi connectivity index (χ1) is 11.5. The molecule has 1 N–H and O–H groups in total. The minimum Gasteiger partial charge on any atom is -0.323 e. The molecule has 0 aliphatic carbocycles. The third-order valence-electron chi connectivity index (χ3n) is 3.29. The molecule has 0 saturated heterocycles. The maximum atomic E-state index is 13.7. The van der Waals surface area contributed by atoms with Crippen LogP contribution >= 0.6 is 0 Å². The van der Waals surface area contributed by atoms with E-state index >= 15 is 0 Å². The fraction of sp³-hybridized carbons (Fsp3) is 0.188. The number of nitrogens with one attached hydrogen (secondary N) is 1. The summed E-state index contributed by atoms with van der Waals surface area (Å²) >= 11 is 0. The fourth-order valence-electron chi connectivity index (χ4n) is 2.02. The number of hydrogen-bond acceptors (Lipinski definition) is 3. The van der Waals surface area contributed by atoms with Crippen molar-refractivity contribution in [3.05, 3.63) is 59.4 Å². The Morgan fingerprint density at radius 1 is 1.08 bits per heavy atom. The van der Waals surface area contributed by atoms with Gasteiger partial charge >= 0.3 is 6.18 Å². The Bertz CT molecular complexity index is 891. The van der Waals surface area contributed by atoms with Crippen molar-refractivity contribution in [1.29, 1.82) is 0 Å². The zero-order valence-corrected chi connectivity index (χ0v) is 13.7. The predicted octanol–water partition coefficient (Wildman–Crippen LogP) is 3.43. The second kappa shape index (κ2) is 6.83. The third-order valence-corrected chi connectivity index (χ3v) is 4.40. The van der Waals surface area contributed by atoms with Gasteiger partial charge in [0.05, 0.1) is 22.6 Å². The van der Waals surface area contributed by atoms with Crippen molar-refractivity contribution in [2.24, 2.45) is 0 Å². The van der Waals surface area contributed by atoms with Crippen molar-refractivity contribution in [3.8, 4) is 0 Å². The summed E-state index contributed by atoms with van der Waals surface area (Å²) in [4.78, 5) is 11.8. The largest absolute Gasteiger partial charge is 0.416 e. The average molecular weight is 375 g/mol. The quantitative estimate of drug-likeness (QED) is 0.658. The van der Waals surface area contributed by atoms with Gasteiger partial charge in [-0.15, -0.1) is 0 Å². The molecule has 0 unspecified atom stereocenters. The number of hydrogen-bond donors (Lipinski definition) is 1. The van der Waals surface area contributed by atoms with E-state index in [-0.39, 0.29) is 17.0 Å². The highest BCUT2D eigenvalue weighted by atomic mass is 32.2. The molecule has 0 heterocycles. The average Bonchev–Trinajstić information content (AvgIpc) is 2.48. The van der Waals surface area contributed by atoms with E-state index < -0.39 is 33.3 Å². The normalized spacial score (nSPS) is 12.0. The lowest BCUT2D eigenvalue weighted by Crippen LogP contribution is -2.16. The predicted molar refractivity (Wildman–Crippen MR) is 83.3 cm³/mol. The molecule has 0 spiro atoms. The van der Waals surface area contributed by atoms with Gasteiger partial charge in [0.25, 0.3) is 0 Å². The van der Waals surface area contributed by atoms with Crippen LogP contribution in [0.4, 0.5) is 23.2 Å². The number of amides is 1. The molecule has 0 bridgehead atoms. The van der Waals surface area contributed by atoms with Crippen LogP contribution in [0.2, 0.25) is 0 Å². The molecule has 0 aromatic heterocycles. The topological polar surface area (TPSA) is 63.2 Å². The van der Waals surface area contributed by atoms with Gasteiger partial charge in [0.15, 0.2) is 9.84 Å². The zero-order valence-electron chi connectivity index (χ0n) is 12.9. The third kappa shape index (κ3) is 5.02. The van der Waals surface area contributed by atoms with Crippen molar-refractivity contribution in [3.63, 3.8) is 0 Å². The molecule has 9 heteroatoms. The minimum atomic E-state index is -4.48. The molecule has 0 aliphatic rings. The van der Waals surface area contributed by atoms with E-state index in [1.54, 1.807) is 0 Å². The summed E-state index contributed by atoms with van der Waals surface area (Å²) in [5.41, 5.74) is -0.867. The monoisotopic (exact) mass is 375 g/mol. The lowest BCUT2D eigenvalue weighted by molar-refractivity contribution is -0.137. The van der Waals surface area contributed by atoms with E-state index in [4.69, 9.17) is 0 Å². The first kappa shape index (κ1) is 18.9. The second-order valence-corrected chi connectivity index (χ2v) is 7.35. The molecule has 4 nitrogen and oxygen atoms in total. The van der Waals surface area contributed by atoms with Crippen LogP contribution in [0.25, 0.3) is 0 Å². The van der Waals surface area contributed by atoms with E-state index in [2.05, 4.69) is 5.32 Å². The summed E-state index contributed by atoms with van der Waals surface area (Å²) in [5.74, 6) is -1.52. The van der Waals surface area contributed by atoms with Crippen LogP contribution in [-0.2, 0) is 27.2 Å². The van der Waals surface area contributed by atoms with Crippen molar-refractivity contribution < 1.29 is 30.8 Å². The molecule has 1 amide bonds. The highest BCUT2D eigenvalue weighted by molar-refractivity contribution is 7.90. The molecule has 0 fully saturated rings. The molecule has 0 atom stereocenters. The summed E-state index contributed by atoms with van der Waals surface area (Å²) in [7, 11) is -3.58. The van der Waals surface area contributed by atoms with Gasteiger partial charge in [-0.05, 0) is 35.9 Å². The van der Waals surface area contributed by atoms with Crippen LogP contribution in [0.15, 0.2) is 47.4 Å². The molecule has 0 radical (unpaired) electrons. The van der Waals surface area contributed by atoms with E-state index in [9.17, 15) is 30.8 Å². The van der Waals surface area contributed by atoms with Gasteiger partial charge < -0.3 is 5.32 Å². The summed E-state index contributed by atoms with van der Waals surface area (Å²) in [6.45, 7) is 0. The van der Waals surface area contributed by atoms with E-state index in [1.807, 2.05) is 0 Å². The van der Waals surface area contributed by atoms with Crippen LogP contribution in [0.1, 0.15) is 11.1 Å². The number of alkyl halides is 3. The van der Waals surface area contributed by atoms with Gasteiger partial charge in [0, 0.05) is 6.26 Å². The number of anilines is 1. The molecule has 0 saturated carbocycles. The molecule has 25 heavy (non-hydrogen) atoms. The van der Waals surface area contributed by atoms with Crippen LogP contribution in [0.3, 0.4) is 0 Å². The summed E-state index contributed by atoms with van der Waals surface area (Å²) in [6.07, 6.45) is -3.83. The van der Waals surface area contributed by atoms with Crippen LogP contribution in [0.5, 0.6) is 0 Å². The van der Waals surface area contributed by atoms with Crippen LogP contribution < -0.4 is 5.32 Å². The summed E-state index contributed by atoms with van der Waals surface area (Å²) in [6, 6.07) is 6.92. The maximum Gasteiger partial charge on any atom is 0.416 e. The number of rotatable bonds is 4. The Labute approximate surface area is 141 Å². The summed E-state index contributed by atoms with van der Waals surface area (Å²) in [5, 5.41) is 2.22. The van der Waals surface area contributed by atoms with Crippen molar-refractivity contribution in [1.82, 2.24) is 0 Å². The molecular weight excluding hydrogens is 362 g/mol. The van der Waals surface area contributed by atoms with Crippen LogP contribution in [0, 0.1) is 5.82 Å². The SMILES string of the molecule is CS(=O)(=O)c1ccc(F)c(NC(=O)Cc2ccc(C(F)(F)F)cc2)c1. The molecule has 2 aromatic rings. The number of sulfone groups is 1. The zero-order chi connectivity index (χ0) is 18.8.